The smallest absolute Gasteiger partial charge is 0.224 e. The van der Waals surface area contributed by atoms with Gasteiger partial charge in [0, 0.05) is 19.2 Å². The van der Waals surface area contributed by atoms with Crippen LogP contribution in [0, 0.1) is 17.1 Å². The van der Waals surface area contributed by atoms with Crippen molar-refractivity contribution in [1.82, 2.24) is 4.72 Å². The lowest BCUT2D eigenvalue weighted by Crippen LogP contribution is -2.26. The fourth-order valence-electron chi connectivity index (χ4n) is 1.53. The van der Waals surface area contributed by atoms with Crippen LogP contribution in [0.5, 0.6) is 0 Å². The van der Waals surface area contributed by atoms with Crippen molar-refractivity contribution in [3.8, 4) is 6.07 Å². The molecule has 9 heteroatoms. The number of hydrogen-bond donors (Lipinski definition) is 1. The predicted octanol–water partition coefficient (Wildman–Crippen LogP) is 1.20. The van der Waals surface area contributed by atoms with Gasteiger partial charge >= 0.3 is 0 Å². The molecule has 0 spiro atoms. The molecule has 1 aromatic rings. The summed E-state index contributed by atoms with van der Waals surface area (Å²) in [6.45, 7) is 0.0482. The van der Waals surface area contributed by atoms with Gasteiger partial charge in [0.25, 0.3) is 0 Å². The number of nitrogens with zero attached hydrogens (tertiary/aromatic N) is 1. The summed E-state index contributed by atoms with van der Waals surface area (Å²) >= 11 is 0. The normalized spacial score (nSPS) is 12.0. The molecular formula is C12H15FN2O4S2. The molecule has 0 aliphatic heterocycles. The van der Waals surface area contributed by atoms with Crippen molar-refractivity contribution in [2.45, 2.75) is 29.1 Å². The highest BCUT2D eigenvalue weighted by Gasteiger charge is 2.21. The minimum absolute atomic E-state index is 0.0482. The average Bonchev–Trinajstić information content (AvgIpc) is 2.37. The molecule has 116 valence electrons. The SMILES string of the molecule is CS(=O)(=O)c1ccc(F)c(S(=O)(=O)NCCCCC#N)c1. The maximum Gasteiger partial charge on any atom is 0.243 e. The molecule has 0 radical (unpaired) electrons. The van der Waals surface area contributed by atoms with Crippen molar-refractivity contribution >= 4 is 19.9 Å². The zero-order valence-corrected chi connectivity index (χ0v) is 13.0. The Morgan fingerprint density at radius 2 is 1.90 bits per heavy atom. The van der Waals surface area contributed by atoms with Crippen molar-refractivity contribution in [2.75, 3.05) is 12.8 Å². The van der Waals surface area contributed by atoms with Gasteiger partial charge in [-0.05, 0) is 31.0 Å². The second kappa shape index (κ2) is 6.98. The summed E-state index contributed by atoms with van der Waals surface area (Å²) in [4.78, 5) is -0.973. The molecule has 0 unspecified atom stereocenters. The summed E-state index contributed by atoms with van der Waals surface area (Å²) in [5.74, 6) is -1.02. The van der Waals surface area contributed by atoms with Crippen LogP contribution in [0.4, 0.5) is 4.39 Å². The van der Waals surface area contributed by atoms with E-state index in [1.165, 1.54) is 0 Å². The third-order valence-corrected chi connectivity index (χ3v) is 5.21. The predicted molar refractivity (Wildman–Crippen MR) is 74.2 cm³/mol. The molecule has 21 heavy (non-hydrogen) atoms. The van der Waals surface area contributed by atoms with Crippen molar-refractivity contribution < 1.29 is 21.2 Å². The highest BCUT2D eigenvalue weighted by Crippen LogP contribution is 2.19. The summed E-state index contributed by atoms with van der Waals surface area (Å²) in [6, 6.07) is 4.54. The third-order valence-electron chi connectivity index (χ3n) is 2.63. The lowest BCUT2D eigenvalue weighted by atomic mass is 10.2. The van der Waals surface area contributed by atoms with E-state index in [0.717, 1.165) is 24.5 Å². The Hall–Kier alpha value is -1.50. The van der Waals surface area contributed by atoms with Gasteiger partial charge in [0.05, 0.1) is 11.0 Å². The first-order chi connectivity index (χ1) is 9.68. The van der Waals surface area contributed by atoms with Gasteiger partial charge in [-0.3, -0.25) is 0 Å². The van der Waals surface area contributed by atoms with E-state index in [4.69, 9.17) is 5.26 Å². The zero-order chi connectivity index (χ0) is 16.1. The first-order valence-corrected chi connectivity index (χ1v) is 9.42. The van der Waals surface area contributed by atoms with Gasteiger partial charge in [-0.1, -0.05) is 0 Å². The van der Waals surface area contributed by atoms with E-state index in [2.05, 4.69) is 4.72 Å². The van der Waals surface area contributed by atoms with E-state index in [1.807, 2.05) is 6.07 Å². The largest absolute Gasteiger partial charge is 0.243 e. The van der Waals surface area contributed by atoms with Gasteiger partial charge in [0.2, 0.25) is 10.0 Å². The van der Waals surface area contributed by atoms with Gasteiger partial charge in [-0.25, -0.2) is 25.9 Å². The van der Waals surface area contributed by atoms with Gasteiger partial charge in [-0.15, -0.1) is 0 Å². The Balaban J connectivity index is 2.95. The monoisotopic (exact) mass is 334 g/mol. The van der Waals surface area contributed by atoms with E-state index >= 15 is 0 Å². The number of sulfone groups is 1. The lowest BCUT2D eigenvalue weighted by molar-refractivity contribution is 0.552. The van der Waals surface area contributed by atoms with Crippen LogP contribution in [0.1, 0.15) is 19.3 Å². The van der Waals surface area contributed by atoms with Crippen LogP contribution < -0.4 is 4.72 Å². The molecule has 0 saturated heterocycles. The average molecular weight is 334 g/mol. The fourth-order valence-corrected chi connectivity index (χ4v) is 3.43. The van der Waals surface area contributed by atoms with Crippen molar-refractivity contribution in [1.29, 1.82) is 5.26 Å². The van der Waals surface area contributed by atoms with Crippen LogP contribution in [0.3, 0.4) is 0 Å². The highest BCUT2D eigenvalue weighted by molar-refractivity contribution is 7.91. The maximum atomic E-state index is 13.6. The van der Waals surface area contributed by atoms with Crippen LogP contribution in [-0.2, 0) is 19.9 Å². The summed E-state index contributed by atoms with van der Waals surface area (Å²) < 4.78 is 62.5. The standard InChI is InChI=1S/C12H15FN2O4S2/c1-20(16,17)10-5-6-11(13)12(9-10)21(18,19)15-8-4-2-3-7-14/h5-6,9,15H,2-4,8H2,1H3. The quantitative estimate of drug-likeness (QED) is 0.596. The maximum absolute atomic E-state index is 13.6. The molecule has 0 saturated carbocycles. The van der Waals surface area contributed by atoms with Crippen LogP contribution in [0.25, 0.3) is 0 Å². The second-order valence-corrected chi connectivity index (χ2v) is 8.13. The van der Waals surface area contributed by atoms with E-state index in [1.54, 1.807) is 0 Å². The Morgan fingerprint density at radius 1 is 1.24 bits per heavy atom. The Morgan fingerprint density at radius 3 is 2.48 bits per heavy atom. The molecule has 0 aromatic heterocycles. The lowest BCUT2D eigenvalue weighted by Gasteiger charge is -2.08. The molecule has 0 aliphatic rings. The molecule has 0 aliphatic carbocycles. The first kappa shape index (κ1) is 17.6. The fraction of sp³-hybridized carbons (Fsp3) is 0.417. The van der Waals surface area contributed by atoms with Crippen LogP contribution in [-0.4, -0.2) is 29.6 Å². The highest BCUT2D eigenvalue weighted by atomic mass is 32.2. The summed E-state index contributed by atoms with van der Waals surface area (Å²) in [6.07, 6.45) is 2.16. The van der Waals surface area contributed by atoms with Crippen molar-refractivity contribution in [3.63, 3.8) is 0 Å². The number of benzene rings is 1. The van der Waals surface area contributed by atoms with Crippen molar-refractivity contribution in [3.05, 3.63) is 24.0 Å². The minimum atomic E-state index is -4.13. The van der Waals surface area contributed by atoms with Gasteiger partial charge in [-0.2, -0.15) is 5.26 Å². The summed E-state index contributed by atoms with van der Waals surface area (Å²) in [5.41, 5.74) is 0. The molecule has 1 N–H and O–H groups in total. The van der Waals surface area contributed by atoms with E-state index < -0.39 is 30.6 Å². The number of unbranched alkanes of at least 4 members (excludes halogenated alkanes) is 2. The molecule has 0 atom stereocenters. The Kier molecular flexibility index (Phi) is 5.83. The summed E-state index contributed by atoms with van der Waals surface area (Å²) in [7, 11) is -7.76. The molecule has 6 nitrogen and oxygen atoms in total. The summed E-state index contributed by atoms with van der Waals surface area (Å²) in [5, 5.41) is 8.35. The number of hydrogen-bond acceptors (Lipinski definition) is 5. The van der Waals surface area contributed by atoms with Crippen LogP contribution >= 0.6 is 0 Å². The molecule has 0 heterocycles. The van der Waals surface area contributed by atoms with Crippen molar-refractivity contribution in [2.24, 2.45) is 0 Å². The van der Waals surface area contributed by atoms with E-state index in [0.29, 0.717) is 19.3 Å². The number of halogens is 1. The first-order valence-electron chi connectivity index (χ1n) is 6.05. The third kappa shape index (κ3) is 5.08. The Bertz CT molecular complexity index is 752. The number of sulfonamides is 1. The number of nitriles is 1. The molecule has 0 amide bonds. The molecule has 0 bridgehead atoms. The number of nitrogens with one attached hydrogen (secondary N) is 1. The topological polar surface area (TPSA) is 104 Å². The number of rotatable bonds is 7. The zero-order valence-electron chi connectivity index (χ0n) is 11.3. The molecule has 0 fully saturated rings. The molecule has 1 rings (SSSR count). The molecule has 1 aromatic carbocycles. The Labute approximate surface area is 123 Å². The second-order valence-electron chi connectivity index (χ2n) is 4.38. The molecular weight excluding hydrogens is 319 g/mol. The van der Waals surface area contributed by atoms with Gasteiger partial charge < -0.3 is 0 Å². The van der Waals surface area contributed by atoms with E-state index in [9.17, 15) is 21.2 Å². The van der Waals surface area contributed by atoms with E-state index in [-0.39, 0.29) is 11.4 Å². The van der Waals surface area contributed by atoms with Crippen LogP contribution in [0.15, 0.2) is 28.0 Å². The van der Waals surface area contributed by atoms with Gasteiger partial charge in [0.1, 0.15) is 10.7 Å². The van der Waals surface area contributed by atoms with Gasteiger partial charge in [0.15, 0.2) is 9.84 Å². The minimum Gasteiger partial charge on any atom is -0.224 e. The van der Waals surface area contributed by atoms with Crippen LogP contribution in [0.2, 0.25) is 0 Å².